The summed E-state index contributed by atoms with van der Waals surface area (Å²) in [6, 6.07) is 5.05. The van der Waals surface area contributed by atoms with Crippen molar-refractivity contribution in [3.8, 4) is 0 Å². The number of aromatic nitrogens is 2. The molecule has 0 amide bonds. The molecule has 0 spiro atoms. The molecular weight excluding hydrogens is 261 g/mol. The second kappa shape index (κ2) is 4.89. The molecule has 100 valence electrons. The molecule has 2 aromatic rings. The summed E-state index contributed by atoms with van der Waals surface area (Å²) in [5, 5.41) is 0.971. The molecule has 0 aliphatic carbocycles. The van der Waals surface area contributed by atoms with E-state index in [0.29, 0.717) is 5.92 Å². The Bertz CT molecular complexity index is 594. The van der Waals surface area contributed by atoms with E-state index in [9.17, 15) is 4.39 Å². The second-order valence-corrected chi connectivity index (χ2v) is 5.90. The lowest BCUT2D eigenvalue weighted by Crippen LogP contribution is -2.30. The zero-order chi connectivity index (χ0) is 13.4. The van der Waals surface area contributed by atoms with Crippen LogP contribution in [0.25, 0.3) is 0 Å². The lowest BCUT2D eigenvalue weighted by Gasteiger charge is -2.28. The molecule has 0 bridgehead atoms. The monoisotopic (exact) mass is 277 g/mol. The van der Waals surface area contributed by atoms with Crippen molar-refractivity contribution >= 4 is 16.7 Å². The smallest absolute Gasteiger partial charge is 0.205 e. The van der Waals surface area contributed by atoms with Gasteiger partial charge in [0.05, 0.1) is 0 Å². The van der Waals surface area contributed by atoms with Crippen LogP contribution in [0.1, 0.15) is 36.7 Å². The minimum Gasteiger partial charge on any atom is -0.342 e. The van der Waals surface area contributed by atoms with E-state index in [0.717, 1.165) is 36.0 Å². The van der Waals surface area contributed by atoms with E-state index in [1.54, 1.807) is 6.07 Å². The van der Waals surface area contributed by atoms with E-state index in [-0.39, 0.29) is 5.82 Å². The molecule has 19 heavy (non-hydrogen) atoms. The fraction of sp³-hybridized carbons (Fsp3) is 0.429. The topological polar surface area (TPSA) is 29.0 Å². The van der Waals surface area contributed by atoms with Gasteiger partial charge >= 0.3 is 0 Å². The Kier molecular flexibility index (Phi) is 3.22. The molecule has 5 heteroatoms. The SMILES string of the molecule is CC(C)c1nsc(N2CCc3cc(F)ccc3C2)n1. The minimum absolute atomic E-state index is 0.148. The maximum atomic E-state index is 13.2. The summed E-state index contributed by atoms with van der Waals surface area (Å²) >= 11 is 1.45. The third-order valence-electron chi connectivity index (χ3n) is 3.40. The molecular formula is C14H16FN3S. The van der Waals surface area contributed by atoms with Gasteiger partial charge in [0.25, 0.3) is 0 Å². The fourth-order valence-electron chi connectivity index (χ4n) is 2.27. The lowest BCUT2D eigenvalue weighted by atomic mass is 10.0. The summed E-state index contributed by atoms with van der Waals surface area (Å²) in [4.78, 5) is 6.81. The van der Waals surface area contributed by atoms with Gasteiger partial charge in [-0.2, -0.15) is 4.37 Å². The molecule has 1 aliphatic heterocycles. The number of anilines is 1. The number of nitrogens with zero attached hydrogens (tertiary/aromatic N) is 3. The maximum absolute atomic E-state index is 13.2. The van der Waals surface area contributed by atoms with Crippen LogP contribution in [0.15, 0.2) is 18.2 Å². The molecule has 0 radical (unpaired) electrons. The molecule has 2 heterocycles. The number of fused-ring (bicyclic) bond motifs is 1. The average Bonchev–Trinajstić information content (AvgIpc) is 2.88. The number of benzene rings is 1. The van der Waals surface area contributed by atoms with Crippen LogP contribution in [0.5, 0.6) is 0 Å². The second-order valence-electron chi connectivity index (χ2n) is 5.17. The van der Waals surface area contributed by atoms with Crippen LogP contribution in [0.4, 0.5) is 9.52 Å². The van der Waals surface area contributed by atoms with Crippen LogP contribution in [0.2, 0.25) is 0 Å². The van der Waals surface area contributed by atoms with Gasteiger partial charge in [-0.25, -0.2) is 9.37 Å². The quantitative estimate of drug-likeness (QED) is 0.843. The molecule has 1 aliphatic rings. The van der Waals surface area contributed by atoms with Gasteiger partial charge in [0.2, 0.25) is 5.13 Å². The van der Waals surface area contributed by atoms with E-state index < -0.39 is 0 Å². The molecule has 1 aromatic heterocycles. The summed E-state index contributed by atoms with van der Waals surface area (Å²) in [5.74, 6) is 1.12. The Hall–Kier alpha value is -1.49. The van der Waals surface area contributed by atoms with Gasteiger partial charge in [-0.05, 0) is 29.7 Å². The Morgan fingerprint density at radius 1 is 1.32 bits per heavy atom. The number of hydrogen-bond acceptors (Lipinski definition) is 4. The first kappa shape index (κ1) is 12.5. The fourth-order valence-corrected chi connectivity index (χ4v) is 3.11. The predicted molar refractivity (Wildman–Crippen MR) is 75.2 cm³/mol. The third-order valence-corrected chi connectivity index (χ3v) is 4.19. The predicted octanol–water partition coefficient (Wildman–Crippen LogP) is 3.36. The van der Waals surface area contributed by atoms with Crippen molar-refractivity contribution in [3.05, 3.63) is 41.0 Å². The summed E-state index contributed by atoms with van der Waals surface area (Å²) in [6.07, 6.45) is 0.865. The molecule has 3 nitrogen and oxygen atoms in total. The first-order valence-electron chi connectivity index (χ1n) is 6.49. The largest absolute Gasteiger partial charge is 0.342 e. The van der Waals surface area contributed by atoms with E-state index in [1.807, 2.05) is 6.07 Å². The Labute approximate surface area is 116 Å². The Morgan fingerprint density at radius 3 is 2.89 bits per heavy atom. The van der Waals surface area contributed by atoms with Crippen molar-refractivity contribution in [1.29, 1.82) is 0 Å². The summed E-state index contributed by atoms with van der Waals surface area (Å²) in [5.41, 5.74) is 2.30. The highest BCUT2D eigenvalue weighted by molar-refractivity contribution is 7.09. The van der Waals surface area contributed by atoms with Gasteiger partial charge in [0.15, 0.2) is 0 Å². The summed E-state index contributed by atoms with van der Waals surface area (Å²) in [7, 11) is 0. The van der Waals surface area contributed by atoms with E-state index >= 15 is 0 Å². The summed E-state index contributed by atoms with van der Waals surface area (Å²) in [6.45, 7) is 5.87. The minimum atomic E-state index is -0.148. The molecule has 0 saturated heterocycles. The van der Waals surface area contributed by atoms with Crippen molar-refractivity contribution in [3.63, 3.8) is 0 Å². The van der Waals surface area contributed by atoms with E-state index in [2.05, 4.69) is 28.1 Å². The average molecular weight is 277 g/mol. The highest BCUT2D eigenvalue weighted by Gasteiger charge is 2.20. The highest BCUT2D eigenvalue weighted by Crippen LogP contribution is 2.27. The summed E-state index contributed by atoms with van der Waals surface area (Å²) < 4.78 is 17.6. The maximum Gasteiger partial charge on any atom is 0.205 e. The van der Waals surface area contributed by atoms with Crippen LogP contribution in [-0.2, 0) is 13.0 Å². The first-order valence-corrected chi connectivity index (χ1v) is 7.26. The molecule has 3 rings (SSSR count). The van der Waals surface area contributed by atoms with Crippen molar-refractivity contribution < 1.29 is 4.39 Å². The Balaban J connectivity index is 1.83. The van der Waals surface area contributed by atoms with Crippen molar-refractivity contribution in [1.82, 2.24) is 9.36 Å². The van der Waals surface area contributed by atoms with Gasteiger partial charge in [0, 0.05) is 30.5 Å². The number of rotatable bonds is 2. The lowest BCUT2D eigenvalue weighted by molar-refractivity contribution is 0.619. The van der Waals surface area contributed by atoms with Gasteiger partial charge in [-0.1, -0.05) is 19.9 Å². The van der Waals surface area contributed by atoms with Crippen molar-refractivity contribution in [2.75, 3.05) is 11.4 Å². The normalized spacial score (nSPS) is 14.8. The number of halogens is 1. The van der Waals surface area contributed by atoms with Gasteiger partial charge in [0.1, 0.15) is 11.6 Å². The highest BCUT2D eigenvalue weighted by atomic mass is 32.1. The molecule has 0 fully saturated rings. The van der Waals surface area contributed by atoms with Crippen LogP contribution in [0, 0.1) is 5.82 Å². The molecule has 1 aromatic carbocycles. The molecule has 0 unspecified atom stereocenters. The number of hydrogen-bond donors (Lipinski definition) is 0. The molecule has 0 atom stereocenters. The van der Waals surface area contributed by atoms with Crippen LogP contribution < -0.4 is 4.90 Å². The van der Waals surface area contributed by atoms with E-state index in [1.165, 1.54) is 23.2 Å². The molecule has 0 saturated carbocycles. The van der Waals surface area contributed by atoms with Crippen LogP contribution in [0.3, 0.4) is 0 Å². The van der Waals surface area contributed by atoms with Crippen molar-refractivity contribution in [2.24, 2.45) is 0 Å². The van der Waals surface area contributed by atoms with Gasteiger partial charge < -0.3 is 4.90 Å². The van der Waals surface area contributed by atoms with E-state index in [4.69, 9.17) is 0 Å². The molecule has 0 N–H and O–H groups in total. The first-order chi connectivity index (χ1) is 9.13. The zero-order valence-corrected chi connectivity index (χ0v) is 11.9. The van der Waals surface area contributed by atoms with Gasteiger partial charge in [-0.15, -0.1) is 0 Å². The van der Waals surface area contributed by atoms with Crippen LogP contribution in [-0.4, -0.2) is 15.9 Å². The zero-order valence-electron chi connectivity index (χ0n) is 11.1. The van der Waals surface area contributed by atoms with Crippen LogP contribution >= 0.6 is 11.5 Å². The third kappa shape index (κ3) is 2.47. The van der Waals surface area contributed by atoms with Gasteiger partial charge in [-0.3, -0.25) is 0 Å². The van der Waals surface area contributed by atoms with Crippen molar-refractivity contribution in [2.45, 2.75) is 32.7 Å². The standard InChI is InChI=1S/C14H16FN3S/c1-9(2)13-16-14(19-17-13)18-6-5-10-7-12(15)4-3-11(10)8-18/h3-4,7,9H,5-6,8H2,1-2H3. The Morgan fingerprint density at radius 2 is 2.16 bits per heavy atom.